The van der Waals surface area contributed by atoms with Gasteiger partial charge in [-0.15, -0.1) is 23.5 Å². The van der Waals surface area contributed by atoms with E-state index in [4.69, 9.17) is 5.26 Å². The van der Waals surface area contributed by atoms with Gasteiger partial charge in [0.25, 0.3) is 0 Å². The van der Waals surface area contributed by atoms with Crippen LogP contribution in [0, 0.1) is 11.3 Å². The lowest BCUT2D eigenvalue weighted by atomic mass is 10.1. The molecular formula is C12H13NO3S2. The zero-order chi connectivity index (χ0) is 13.1. The zero-order valence-corrected chi connectivity index (χ0v) is 11.1. The molecule has 1 aliphatic rings. The fourth-order valence-corrected chi connectivity index (χ4v) is 4.27. The predicted octanol–water partition coefficient (Wildman–Crippen LogP) is 0.806. The highest BCUT2D eigenvalue weighted by Crippen LogP contribution is 2.38. The molecule has 4 atom stereocenters. The summed E-state index contributed by atoms with van der Waals surface area (Å²) in [5.41, 5.74) is 0.589. The van der Waals surface area contributed by atoms with Gasteiger partial charge in [0.2, 0.25) is 0 Å². The summed E-state index contributed by atoms with van der Waals surface area (Å²) in [5.74, 6) is 0.409. The topological polar surface area (TPSA) is 84.5 Å². The van der Waals surface area contributed by atoms with E-state index >= 15 is 0 Å². The monoisotopic (exact) mass is 283 g/mol. The Morgan fingerprint density at radius 1 is 1.17 bits per heavy atom. The third kappa shape index (κ3) is 2.99. The number of hydrogen-bond acceptors (Lipinski definition) is 6. The molecule has 1 aliphatic heterocycles. The van der Waals surface area contributed by atoms with Gasteiger partial charge in [-0.1, -0.05) is 0 Å². The highest BCUT2D eigenvalue weighted by atomic mass is 32.2. The fraction of sp³-hybridized carbons (Fsp3) is 0.417. The smallest absolute Gasteiger partial charge is 0.108 e. The Bertz CT molecular complexity index is 446. The molecule has 1 saturated heterocycles. The summed E-state index contributed by atoms with van der Waals surface area (Å²) >= 11 is 2.86. The minimum absolute atomic E-state index is 0.212. The van der Waals surface area contributed by atoms with Gasteiger partial charge in [-0.25, -0.2) is 0 Å². The van der Waals surface area contributed by atoms with E-state index in [9.17, 15) is 15.3 Å². The van der Waals surface area contributed by atoms with Crippen molar-refractivity contribution in [2.75, 3.05) is 5.75 Å². The van der Waals surface area contributed by atoms with Crippen molar-refractivity contribution < 1.29 is 15.3 Å². The van der Waals surface area contributed by atoms with Crippen LogP contribution in [0.2, 0.25) is 0 Å². The standard InChI is InChI=1S/C12H13NO3S2/c13-5-7-1-3-8(4-2-7)18-12-11(16)10(15)9(14)6-17-12/h1-4,9-12,14-16H,6H2/t9-,10+,11-,12+/m1/s1. The molecule has 0 radical (unpaired) electrons. The van der Waals surface area contributed by atoms with Gasteiger partial charge in [-0.3, -0.25) is 0 Å². The third-order valence-corrected chi connectivity index (χ3v) is 5.58. The molecule has 0 saturated carbocycles. The van der Waals surface area contributed by atoms with Crippen molar-refractivity contribution >= 4 is 23.5 Å². The maximum Gasteiger partial charge on any atom is 0.108 e. The average Bonchev–Trinajstić information content (AvgIpc) is 2.40. The second-order valence-electron chi connectivity index (χ2n) is 4.00. The maximum absolute atomic E-state index is 9.87. The number of benzene rings is 1. The van der Waals surface area contributed by atoms with Gasteiger partial charge in [-0.05, 0) is 24.3 Å². The molecule has 1 fully saturated rings. The first-order valence-electron chi connectivity index (χ1n) is 5.44. The molecular weight excluding hydrogens is 270 g/mol. The van der Waals surface area contributed by atoms with E-state index in [2.05, 4.69) is 0 Å². The lowest BCUT2D eigenvalue weighted by molar-refractivity contribution is -0.0474. The quantitative estimate of drug-likeness (QED) is 0.745. The number of hydrogen-bond donors (Lipinski definition) is 3. The second kappa shape index (κ2) is 5.95. The normalized spacial score (nSPS) is 31.9. The van der Waals surface area contributed by atoms with E-state index in [-0.39, 0.29) is 4.58 Å². The number of thioether (sulfide) groups is 2. The molecule has 1 aromatic rings. The summed E-state index contributed by atoms with van der Waals surface area (Å²) in [6.45, 7) is 0. The highest BCUT2D eigenvalue weighted by Gasteiger charge is 2.37. The van der Waals surface area contributed by atoms with E-state index in [1.165, 1.54) is 23.5 Å². The van der Waals surface area contributed by atoms with Gasteiger partial charge in [-0.2, -0.15) is 5.26 Å². The molecule has 0 bridgehead atoms. The van der Waals surface area contributed by atoms with Crippen LogP contribution in [-0.4, -0.2) is 44.0 Å². The Kier molecular flexibility index (Phi) is 4.54. The van der Waals surface area contributed by atoms with E-state index in [1.807, 2.05) is 18.2 Å². The first kappa shape index (κ1) is 13.7. The van der Waals surface area contributed by atoms with Crippen molar-refractivity contribution in [3.63, 3.8) is 0 Å². The number of nitriles is 1. The van der Waals surface area contributed by atoms with Crippen molar-refractivity contribution in [2.24, 2.45) is 0 Å². The molecule has 4 nitrogen and oxygen atoms in total. The van der Waals surface area contributed by atoms with Crippen LogP contribution in [0.5, 0.6) is 0 Å². The molecule has 0 spiro atoms. The lowest BCUT2D eigenvalue weighted by Gasteiger charge is -2.34. The van der Waals surface area contributed by atoms with Crippen molar-refractivity contribution in [1.82, 2.24) is 0 Å². The molecule has 18 heavy (non-hydrogen) atoms. The summed E-state index contributed by atoms with van der Waals surface area (Å²) in [7, 11) is 0. The highest BCUT2D eigenvalue weighted by molar-refractivity contribution is 8.17. The lowest BCUT2D eigenvalue weighted by Crippen LogP contribution is -2.47. The van der Waals surface area contributed by atoms with Crippen LogP contribution in [0.1, 0.15) is 5.56 Å². The van der Waals surface area contributed by atoms with Crippen LogP contribution in [0.4, 0.5) is 0 Å². The Morgan fingerprint density at radius 2 is 1.83 bits per heavy atom. The van der Waals surface area contributed by atoms with Crippen molar-refractivity contribution in [1.29, 1.82) is 5.26 Å². The summed E-state index contributed by atoms with van der Waals surface area (Å²) in [6, 6.07) is 9.10. The molecule has 0 aromatic heterocycles. The van der Waals surface area contributed by atoms with Gasteiger partial charge in [0.05, 0.1) is 22.3 Å². The van der Waals surface area contributed by atoms with Crippen molar-refractivity contribution in [2.45, 2.75) is 27.8 Å². The number of nitrogens with zero attached hydrogens (tertiary/aromatic N) is 1. The van der Waals surface area contributed by atoms with Gasteiger partial charge in [0.15, 0.2) is 0 Å². The molecule has 0 amide bonds. The predicted molar refractivity (Wildman–Crippen MR) is 71.3 cm³/mol. The Morgan fingerprint density at radius 3 is 2.44 bits per heavy atom. The molecule has 3 N–H and O–H groups in total. The summed E-state index contributed by atoms with van der Waals surface area (Å²) in [4.78, 5) is 0.925. The van der Waals surface area contributed by atoms with Gasteiger partial charge >= 0.3 is 0 Å². The van der Waals surface area contributed by atoms with Crippen LogP contribution < -0.4 is 0 Å². The largest absolute Gasteiger partial charge is 0.389 e. The molecule has 0 aliphatic carbocycles. The SMILES string of the molecule is N#Cc1ccc(S[C@@H]2SC[C@@H](O)[C@H](O)[C@H]2O)cc1. The molecule has 1 heterocycles. The van der Waals surface area contributed by atoms with Crippen molar-refractivity contribution in [3.8, 4) is 6.07 Å². The Balaban J connectivity index is 2.02. The number of aliphatic hydroxyl groups excluding tert-OH is 3. The first-order valence-corrected chi connectivity index (χ1v) is 7.37. The summed E-state index contributed by atoms with van der Waals surface area (Å²) < 4.78 is -0.212. The third-order valence-electron chi connectivity index (χ3n) is 2.69. The minimum atomic E-state index is -1.10. The maximum atomic E-state index is 9.87. The molecule has 1 aromatic carbocycles. The molecule has 6 heteroatoms. The number of aliphatic hydroxyl groups is 3. The van der Waals surface area contributed by atoms with Crippen LogP contribution >= 0.6 is 23.5 Å². The van der Waals surface area contributed by atoms with E-state index in [0.717, 1.165) is 4.90 Å². The van der Waals surface area contributed by atoms with E-state index in [0.29, 0.717) is 11.3 Å². The first-order chi connectivity index (χ1) is 8.61. The Hall–Kier alpha value is -0.710. The minimum Gasteiger partial charge on any atom is -0.389 e. The van der Waals surface area contributed by atoms with Crippen LogP contribution in [0.3, 0.4) is 0 Å². The summed E-state index contributed by atoms with van der Waals surface area (Å²) in [5, 5.41) is 37.6. The van der Waals surface area contributed by atoms with Gasteiger partial charge in [0.1, 0.15) is 12.2 Å². The van der Waals surface area contributed by atoms with Crippen LogP contribution in [-0.2, 0) is 0 Å². The van der Waals surface area contributed by atoms with Crippen LogP contribution in [0.25, 0.3) is 0 Å². The summed E-state index contributed by atoms with van der Waals surface area (Å²) in [6.07, 6.45) is -2.93. The zero-order valence-electron chi connectivity index (χ0n) is 9.43. The fourth-order valence-electron chi connectivity index (χ4n) is 1.63. The molecule has 0 unspecified atom stereocenters. The molecule has 96 valence electrons. The van der Waals surface area contributed by atoms with Gasteiger partial charge in [0, 0.05) is 10.6 Å². The van der Waals surface area contributed by atoms with E-state index in [1.54, 1.807) is 12.1 Å². The Labute approximate surface area is 114 Å². The average molecular weight is 283 g/mol. The van der Waals surface area contributed by atoms with Gasteiger partial charge < -0.3 is 15.3 Å². The second-order valence-corrected chi connectivity index (χ2v) is 6.69. The molecule has 2 rings (SSSR count). The van der Waals surface area contributed by atoms with Crippen molar-refractivity contribution in [3.05, 3.63) is 29.8 Å². The van der Waals surface area contributed by atoms with Crippen LogP contribution in [0.15, 0.2) is 29.2 Å². The van der Waals surface area contributed by atoms with E-state index < -0.39 is 18.3 Å². The number of rotatable bonds is 2.